The standard InChI is InChI=1S/C16H21NO3/c1-5-20-16(19)14(15(18)6-11(2)3)8-13-7-12(4)9-17-10-13/h7-11H,5-6H2,1-4H3/b14-8-. The highest BCUT2D eigenvalue weighted by atomic mass is 16.5. The topological polar surface area (TPSA) is 56.3 Å². The summed E-state index contributed by atoms with van der Waals surface area (Å²) in [4.78, 5) is 28.1. The SMILES string of the molecule is CCOC(=O)/C(=C\c1cncc(C)c1)C(=O)CC(C)C. The molecular formula is C16H21NO3. The van der Waals surface area contributed by atoms with Gasteiger partial charge in [0.05, 0.1) is 6.61 Å². The number of carbonyl (C=O) groups excluding carboxylic acids is 2. The van der Waals surface area contributed by atoms with Gasteiger partial charge in [0.15, 0.2) is 5.78 Å². The normalized spacial score (nSPS) is 11.6. The Balaban J connectivity index is 3.09. The lowest BCUT2D eigenvalue weighted by atomic mass is 9.99. The highest BCUT2D eigenvalue weighted by molar-refractivity contribution is 6.20. The maximum Gasteiger partial charge on any atom is 0.341 e. The number of pyridine rings is 1. The van der Waals surface area contributed by atoms with Crippen molar-refractivity contribution >= 4 is 17.8 Å². The molecule has 0 aromatic carbocycles. The van der Waals surface area contributed by atoms with E-state index in [0.717, 1.165) is 11.1 Å². The molecule has 108 valence electrons. The Morgan fingerprint density at radius 3 is 2.60 bits per heavy atom. The zero-order chi connectivity index (χ0) is 15.1. The van der Waals surface area contributed by atoms with E-state index in [1.54, 1.807) is 25.4 Å². The second-order valence-corrected chi connectivity index (χ2v) is 5.10. The van der Waals surface area contributed by atoms with Gasteiger partial charge < -0.3 is 4.74 Å². The monoisotopic (exact) mass is 275 g/mol. The first-order valence-electron chi connectivity index (χ1n) is 6.77. The fraction of sp³-hybridized carbons (Fsp3) is 0.438. The Morgan fingerprint density at radius 1 is 1.35 bits per heavy atom. The molecule has 0 unspecified atom stereocenters. The van der Waals surface area contributed by atoms with Gasteiger partial charge in [-0.25, -0.2) is 4.79 Å². The smallest absolute Gasteiger partial charge is 0.341 e. The summed E-state index contributed by atoms with van der Waals surface area (Å²) in [6, 6.07) is 1.87. The number of hydrogen-bond acceptors (Lipinski definition) is 4. The van der Waals surface area contributed by atoms with Crippen LogP contribution in [0.25, 0.3) is 6.08 Å². The van der Waals surface area contributed by atoms with Gasteiger partial charge >= 0.3 is 5.97 Å². The van der Waals surface area contributed by atoms with E-state index in [9.17, 15) is 9.59 Å². The first-order valence-corrected chi connectivity index (χ1v) is 6.77. The number of carbonyl (C=O) groups is 2. The summed E-state index contributed by atoms with van der Waals surface area (Å²) in [6.07, 6.45) is 5.22. The summed E-state index contributed by atoms with van der Waals surface area (Å²) in [6.45, 7) is 7.75. The number of aryl methyl sites for hydroxylation is 1. The average molecular weight is 275 g/mol. The third-order valence-electron chi connectivity index (χ3n) is 2.60. The molecule has 0 saturated heterocycles. The van der Waals surface area contributed by atoms with E-state index in [2.05, 4.69) is 4.98 Å². The zero-order valence-electron chi connectivity index (χ0n) is 12.5. The lowest BCUT2D eigenvalue weighted by molar-refractivity contribution is -0.139. The van der Waals surface area contributed by atoms with Gasteiger partial charge in [-0.05, 0) is 43.0 Å². The number of rotatable bonds is 6. The molecule has 0 fully saturated rings. The van der Waals surface area contributed by atoms with Crippen molar-refractivity contribution in [3.8, 4) is 0 Å². The fourth-order valence-corrected chi connectivity index (χ4v) is 1.77. The largest absolute Gasteiger partial charge is 0.462 e. The van der Waals surface area contributed by atoms with Crippen LogP contribution in [0.1, 0.15) is 38.3 Å². The van der Waals surface area contributed by atoms with Crippen LogP contribution in [0.2, 0.25) is 0 Å². The van der Waals surface area contributed by atoms with E-state index in [1.165, 1.54) is 0 Å². The Bertz CT molecular complexity index is 518. The van der Waals surface area contributed by atoms with Crippen molar-refractivity contribution in [2.75, 3.05) is 6.61 Å². The van der Waals surface area contributed by atoms with Crippen molar-refractivity contribution in [3.63, 3.8) is 0 Å². The Kier molecular flexibility index (Phi) is 6.10. The average Bonchev–Trinajstić information content (AvgIpc) is 2.35. The van der Waals surface area contributed by atoms with E-state index in [1.807, 2.05) is 26.8 Å². The van der Waals surface area contributed by atoms with Gasteiger partial charge in [0.1, 0.15) is 5.57 Å². The molecule has 0 atom stereocenters. The summed E-state index contributed by atoms with van der Waals surface area (Å²) in [7, 11) is 0. The van der Waals surface area contributed by atoms with Crippen LogP contribution in [0.4, 0.5) is 0 Å². The molecule has 4 nitrogen and oxygen atoms in total. The maximum absolute atomic E-state index is 12.2. The molecule has 0 aliphatic carbocycles. The molecule has 0 amide bonds. The van der Waals surface area contributed by atoms with Crippen LogP contribution in [0, 0.1) is 12.8 Å². The molecule has 1 aromatic heterocycles. The van der Waals surface area contributed by atoms with Gasteiger partial charge in [0.25, 0.3) is 0 Å². The number of esters is 1. The fourth-order valence-electron chi connectivity index (χ4n) is 1.77. The minimum absolute atomic E-state index is 0.0907. The van der Waals surface area contributed by atoms with Gasteiger partial charge in [-0.15, -0.1) is 0 Å². The molecule has 0 bridgehead atoms. The summed E-state index contributed by atoms with van der Waals surface area (Å²) in [5, 5.41) is 0. The second-order valence-electron chi connectivity index (χ2n) is 5.10. The van der Waals surface area contributed by atoms with Crippen LogP contribution in [-0.4, -0.2) is 23.3 Å². The third kappa shape index (κ3) is 4.96. The minimum Gasteiger partial charge on any atom is -0.462 e. The van der Waals surface area contributed by atoms with Crippen molar-refractivity contribution in [1.29, 1.82) is 0 Å². The van der Waals surface area contributed by atoms with Crippen LogP contribution in [0.15, 0.2) is 24.0 Å². The number of ketones is 1. The van der Waals surface area contributed by atoms with Gasteiger partial charge in [-0.3, -0.25) is 9.78 Å². The van der Waals surface area contributed by atoms with E-state index in [4.69, 9.17) is 4.74 Å². The first-order chi connectivity index (χ1) is 9.43. The molecule has 1 aromatic rings. The Labute approximate surface area is 119 Å². The van der Waals surface area contributed by atoms with E-state index in [0.29, 0.717) is 6.42 Å². The van der Waals surface area contributed by atoms with Crippen molar-refractivity contribution in [2.45, 2.75) is 34.1 Å². The maximum atomic E-state index is 12.2. The van der Waals surface area contributed by atoms with Crippen LogP contribution < -0.4 is 0 Å². The number of aromatic nitrogens is 1. The second kappa shape index (κ2) is 7.58. The molecule has 1 rings (SSSR count). The Hall–Kier alpha value is -1.97. The molecule has 0 radical (unpaired) electrons. The van der Waals surface area contributed by atoms with Crippen LogP contribution in [-0.2, 0) is 14.3 Å². The van der Waals surface area contributed by atoms with Crippen molar-refractivity contribution < 1.29 is 14.3 Å². The minimum atomic E-state index is -0.570. The molecule has 20 heavy (non-hydrogen) atoms. The number of Topliss-reactive ketones (excluding diaryl/α,β-unsaturated/α-hetero) is 1. The highest BCUT2D eigenvalue weighted by Crippen LogP contribution is 2.14. The zero-order valence-corrected chi connectivity index (χ0v) is 12.5. The summed E-state index contributed by atoms with van der Waals surface area (Å²) in [5.74, 6) is -0.574. The molecule has 0 aliphatic rings. The number of hydrogen-bond donors (Lipinski definition) is 0. The van der Waals surface area contributed by atoms with Crippen LogP contribution >= 0.6 is 0 Å². The molecule has 0 saturated carbocycles. The van der Waals surface area contributed by atoms with Crippen molar-refractivity contribution in [1.82, 2.24) is 4.98 Å². The summed E-state index contributed by atoms with van der Waals surface area (Å²) in [5.41, 5.74) is 1.79. The number of ether oxygens (including phenoxy) is 1. The molecular weight excluding hydrogens is 254 g/mol. The third-order valence-corrected chi connectivity index (χ3v) is 2.60. The number of nitrogens with zero attached hydrogens (tertiary/aromatic N) is 1. The van der Waals surface area contributed by atoms with E-state index >= 15 is 0 Å². The van der Waals surface area contributed by atoms with Crippen LogP contribution in [0.5, 0.6) is 0 Å². The van der Waals surface area contributed by atoms with E-state index < -0.39 is 5.97 Å². The summed E-state index contributed by atoms with van der Waals surface area (Å²) >= 11 is 0. The first kappa shape index (κ1) is 16.1. The predicted octanol–water partition coefficient (Wildman–Crippen LogP) is 2.95. The molecule has 0 N–H and O–H groups in total. The van der Waals surface area contributed by atoms with Crippen molar-refractivity contribution in [3.05, 3.63) is 35.2 Å². The lowest BCUT2D eigenvalue weighted by Crippen LogP contribution is -2.17. The quantitative estimate of drug-likeness (QED) is 0.346. The molecule has 0 aliphatic heterocycles. The Morgan fingerprint density at radius 2 is 2.05 bits per heavy atom. The van der Waals surface area contributed by atoms with Gasteiger partial charge in [-0.2, -0.15) is 0 Å². The summed E-state index contributed by atoms with van der Waals surface area (Å²) < 4.78 is 4.96. The molecule has 1 heterocycles. The highest BCUT2D eigenvalue weighted by Gasteiger charge is 2.20. The van der Waals surface area contributed by atoms with Gasteiger partial charge in [-0.1, -0.05) is 13.8 Å². The van der Waals surface area contributed by atoms with Gasteiger partial charge in [0, 0.05) is 18.8 Å². The molecule has 0 spiro atoms. The van der Waals surface area contributed by atoms with Crippen molar-refractivity contribution in [2.24, 2.45) is 5.92 Å². The molecule has 4 heteroatoms. The van der Waals surface area contributed by atoms with E-state index in [-0.39, 0.29) is 23.9 Å². The lowest BCUT2D eigenvalue weighted by Gasteiger charge is -2.08. The predicted molar refractivity (Wildman–Crippen MR) is 78.0 cm³/mol. The van der Waals surface area contributed by atoms with Gasteiger partial charge in [0.2, 0.25) is 0 Å². The van der Waals surface area contributed by atoms with Crippen LogP contribution in [0.3, 0.4) is 0 Å².